The number of ether oxygens (including phenoxy) is 2. The number of hydrogen-bond donors (Lipinski definition) is 1. The van der Waals surface area contributed by atoms with Crippen LogP contribution in [0, 0.1) is 6.92 Å². The van der Waals surface area contributed by atoms with Crippen LogP contribution < -0.4 is 10.1 Å². The van der Waals surface area contributed by atoms with E-state index >= 15 is 0 Å². The number of nitrogens with one attached hydrogen (secondary N) is 1. The van der Waals surface area contributed by atoms with Crippen LogP contribution in [0.2, 0.25) is 5.15 Å². The first kappa shape index (κ1) is 20.4. The van der Waals surface area contributed by atoms with Crippen LogP contribution in [0.15, 0.2) is 54.6 Å². The molecule has 0 saturated carbocycles. The normalized spacial score (nSPS) is 11.6. The molecular weight excluding hydrogens is 394 g/mol. The van der Waals surface area contributed by atoms with Crippen molar-refractivity contribution in [2.24, 2.45) is 0 Å². The number of halogens is 1. The lowest BCUT2D eigenvalue weighted by Crippen LogP contribution is -2.30. The summed E-state index contributed by atoms with van der Waals surface area (Å²) in [5, 5.41) is 7.12. The number of aryl methyl sites for hydroxylation is 1. The summed E-state index contributed by atoms with van der Waals surface area (Å²) in [5.74, 6) is -0.511. The van der Waals surface area contributed by atoms with Gasteiger partial charge in [-0.05, 0) is 50.2 Å². The van der Waals surface area contributed by atoms with Crippen LogP contribution in [-0.4, -0.2) is 34.9 Å². The molecule has 0 unspecified atom stereocenters. The van der Waals surface area contributed by atoms with E-state index in [9.17, 15) is 9.59 Å². The lowest BCUT2D eigenvalue weighted by molar-refractivity contribution is -0.123. The van der Waals surface area contributed by atoms with E-state index in [1.54, 1.807) is 38.3 Å². The fraction of sp³-hybridized carbons (Fsp3) is 0.190. The SMILES string of the molecule is COc1ccc(NC(=O)[C@@H](C)OC(=O)c2c(C)nn(-c3ccccc3)c2Cl)cc1. The van der Waals surface area contributed by atoms with Crippen molar-refractivity contribution in [3.8, 4) is 11.4 Å². The number of para-hydroxylation sites is 1. The molecule has 7 nitrogen and oxygen atoms in total. The molecule has 0 radical (unpaired) electrons. The molecule has 1 amide bonds. The van der Waals surface area contributed by atoms with E-state index in [0.29, 0.717) is 22.8 Å². The Hall–Kier alpha value is -3.32. The molecule has 1 N–H and O–H groups in total. The molecule has 3 aromatic rings. The van der Waals surface area contributed by atoms with Gasteiger partial charge in [0.25, 0.3) is 5.91 Å². The van der Waals surface area contributed by atoms with Crippen LogP contribution in [0.5, 0.6) is 5.75 Å². The van der Waals surface area contributed by atoms with Crippen molar-refractivity contribution in [3.05, 3.63) is 71.0 Å². The highest BCUT2D eigenvalue weighted by Gasteiger charge is 2.26. The number of carbonyl (C=O) groups is 2. The topological polar surface area (TPSA) is 82.4 Å². The zero-order valence-corrected chi connectivity index (χ0v) is 16.9. The van der Waals surface area contributed by atoms with Gasteiger partial charge in [0.05, 0.1) is 18.5 Å². The Kier molecular flexibility index (Phi) is 6.19. The summed E-state index contributed by atoms with van der Waals surface area (Å²) >= 11 is 6.37. The highest BCUT2D eigenvalue weighted by molar-refractivity contribution is 6.33. The van der Waals surface area contributed by atoms with Gasteiger partial charge in [0.2, 0.25) is 0 Å². The van der Waals surface area contributed by atoms with Gasteiger partial charge in [-0.2, -0.15) is 5.10 Å². The number of hydrogen-bond acceptors (Lipinski definition) is 5. The average molecular weight is 414 g/mol. The molecule has 0 aliphatic carbocycles. The molecule has 1 aromatic heterocycles. The first-order valence-electron chi connectivity index (χ1n) is 8.87. The van der Waals surface area contributed by atoms with E-state index in [-0.39, 0.29) is 10.7 Å². The molecule has 0 aliphatic rings. The van der Waals surface area contributed by atoms with Gasteiger partial charge < -0.3 is 14.8 Å². The van der Waals surface area contributed by atoms with E-state index in [1.165, 1.54) is 11.6 Å². The van der Waals surface area contributed by atoms with Gasteiger partial charge in [-0.15, -0.1) is 0 Å². The number of carbonyl (C=O) groups excluding carboxylic acids is 2. The highest BCUT2D eigenvalue weighted by Crippen LogP contribution is 2.25. The zero-order chi connectivity index (χ0) is 21.0. The summed E-state index contributed by atoms with van der Waals surface area (Å²) in [5.41, 5.74) is 1.81. The van der Waals surface area contributed by atoms with E-state index in [2.05, 4.69) is 10.4 Å². The Morgan fingerprint density at radius 1 is 1.10 bits per heavy atom. The largest absolute Gasteiger partial charge is 0.497 e. The number of aromatic nitrogens is 2. The van der Waals surface area contributed by atoms with Gasteiger partial charge >= 0.3 is 5.97 Å². The number of esters is 1. The molecule has 3 rings (SSSR count). The number of nitrogens with zero attached hydrogens (tertiary/aromatic N) is 2. The van der Waals surface area contributed by atoms with Crippen molar-refractivity contribution in [3.63, 3.8) is 0 Å². The second-order valence-corrected chi connectivity index (χ2v) is 6.62. The molecule has 29 heavy (non-hydrogen) atoms. The predicted molar refractivity (Wildman–Crippen MR) is 110 cm³/mol. The van der Waals surface area contributed by atoms with Gasteiger partial charge in [0.1, 0.15) is 16.5 Å². The van der Waals surface area contributed by atoms with Crippen molar-refractivity contribution >= 4 is 29.2 Å². The maximum Gasteiger partial charge on any atom is 0.344 e. The van der Waals surface area contributed by atoms with Gasteiger partial charge in [-0.1, -0.05) is 29.8 Å². The summed E-state index contributed by atoms with van der Waals surface area (Å²) in [6, 6.07) is 16.0. The molecule has 150 valence electrons. The molecular formula is C21H20ClN3O4. The first-order chi connectivity index (χ1) is 13.9. The molecule has 8 heteroatoms. The number of rotatable bonds is 6. The maximum absolute atomic E-state index is 12.6. The molecule has 0 spiro atoms. The minimum Gasteiger partial charge on any atom is -0.497 e. The molecule has 1 heterocycles. The monoisotopic (exact) mass is 413 g/mol. The fourth-order valence-corrected chi connectivity index (χ4v) is 3.01. The Balaban J connectivity index is 1.70. The number of amides is 1. The molecule has 2 aromatic carbocycles. The van der Waals surface area contributed by atoms with Gasteiger partial charge in [-0.3, -0.25) is 4.79 Å². The van der Waals surface area contributed by atoms with Crippen molar-refractivity contribution in [2.45, 2.75) is 20.0 Å². The second kappa shape index (κ2) is 8.79. The van der Waals surface area contributed by atoms with Crippen LogP contribution >= 0.6 is 11.6 Å². The van der Waals surface area contributed by atoms with Crippen molar-refractivity contribution in [1.29, 1.82) is 0 Å². The van der Waals surface area contributed by atoms with Crippen LogP contribution in [0.4, 0.5) is 5.69 Å². The third kappa shape index (κ3) is 4.57. The van der Waals surface area contributed by atoms with Crippen LogP contribution in [0.25, 0.3) is 5.69 Å². The summed E-state index contributed by atoms with van der Waals surface area (Å²) in [6.07, 6.45) is -1.03. The van der Waals surface area contributed by atoms with Crippen molar-refractivity contribution in [2.75, 3.05) is 12.4 Å². The molecule has 0 fully saturated rings. The Morgan fingerprint density at radius 2 is 1.76 bits per heavy atom. The van der Waals surface area contributed by atoms with Gasteiger partial charge in [0.15, 0.2) is 6.10 Å². The number of anilines is 1. The van der Waals surface area contributed by atoms with Crippen LogP contribution in [0.3, 0.4) is 0 Å². The van der Waals surface area contributed by atoms with E-state index in [1.807, 2.05) is 30.3 Å². The smallest absolute Gasteiger partial charge is 0.344 e. The summed E-state index contributed by atoms with van der Waals surface area (Å²) in [7, 11) is 1.56. The summed E-state index contributed by atoms with van der Waals surface area (Å²) < 4.78 is 11.8. The second-order valence-electron chi connectivity index (χ2n) is 6.26. The average Bonchev–Trinajstić information content (AvgIpc) is 3.03. The maximum atomic E-state index is 12.6. The zero-order valence-electron chi connectivity index (χ0n) is 16.2. The third-order valence-corrected chi connectivity index (χ3v) is 4.57. The van der Waals surface area contributed by atoms with Gasteiger partial charge in [-0.25, -0.2) is 9.48 Å². The number of benzene rings is 2. The Labute approximate surface area is 173 Å². The lowest BCUT2D eigenvalue weighted by atomic mass is 10.2. The predicted octanol–water partition coefficient (Wildman–Crippen LogP) is 4.03. The Bertz CT molecular complexity index is 1020. The standard InChI is InChI=1S/C21H20ClN3O4/c1-13-18(19(22)25(24-13)16-7-5-4-6-8-16)21(27)29-14(2)20(26)23-15-9-11-17(28-3)12-10-15/h4-12,14H,1-3H3,(H,23,26)/t14-/m1/s1. The molecule has 0 bridgehead atoms. The minimum atomic E-state index is -1.03. The van der Waals surface area contributed by atoms with E-state index < -0.39 is 18.0 Å². The third-order valence-electron chi connectivity index (χ3n) is 4.22. The van der Waals surface area contributed by atoms with Crippen LogP contribution in [-0.2, 0) is 9.53 Å². The van der Waals surface area contributed by atoms with Crippen molar-refractivity contribution in [1.82, 2.24) is 9.78 Å². The van der Waals surface area contributed by atoms with Crippen molar-refractivity contribution < 1.29 is 19.1 Å². The lowest BCUT2D eigenvalue weighted by Gasteiger charge is -2.14. The number of methoxy groups -OCH3 is 1. The van der Waals surface area contributed by atoms with E-state index in [0.717, 1.165) is 0 Å². The highest BCUT2D eigenvalue weighted by atomic mass is 35.5. The minimum absolute atomic E-state index is 0.125. The molecule has 0 aliphatic heterocycles. The first-order valence-corrected chi connectivity index (χ1v) is 9.25. The summed E-state index contributed by atoms with van der Waals surface area (Å²) in [6.45, 7) is 3.14. The molecule has 0 saturated heterocycles. The Morgan fingerprint density at radius 3 is 2.38 bits per heavy atom. The molecule has 1 atom stereocenters. The summed E-state index contributed by atoms with van der Waals surface area (Å²) in [4.78, 5) is 25.0. The van der Waals surface area contributed by atoms with Gasteiger partial charge in [0, 0.05) is 5.69 Å². The van der Waals surface area contributed by atoms with Crippen LogP contribution in [0.1, 0.15) is 23.0 Å². The quantitative estimate of drug-likeness (QED) is 0.617. The fourth-order valence-electron chi connectivity index (χ4n) is 2.66. The van der Waals surface area contributed by atoms with E-state index in [4.69, 9.17) is 21.1 Å².